The highest BCUT2D eigenvalue weighted by molar-refractivity contribution is 5.95. The minimum atomic E-state index is -1.02. The number of aromatic nitrogens is 1. The van der Waals surface area contributed by atoms with Gasteiger partial charge in [-0.2, -0.15) is 0 Å². The van der Waals surface area contributed by atoms with Crippen LogP contribution in [0.1, 0.15) is 27.3 Å². The van der Waals surface area contributed by atoms with Gasteiger partial charge in [-0.15, -0.1) is 0 Å². The summed E-state index contributed by atoms with van der Waals surface area (Å²) in [7, 11) is 0. The first-order valence-corrected chi connectivity index (χ1v) is 7.74. The van der Waals surface area contributed by atoms with Gasteiger partial charge in [-0.3, -0.25) is 4.79 Å². The molecule has 0 unspecified atom stereocenters. The minimum absolute atomic E-state index is 0.161. The van der Waals surface area contributed by atoms with E-state index in [2.05, 4.69) is 9.88 Å². The quantitative estimate of drug-likeness (QED) is 0.763. The number of benzene rings is 1. The van der Waals surface area contributed by atoms with Crippen LogP contribution in [0.4, 0.5) is 0 Å². The van der Waals surface area contributed by atoms with Crippen LogP contribution in [-0.2, 0) is 9.53 Å². The van der Waals surface area contributed by atoms with Crippen LogP contribution >= 0.6 is 0 Å². The lowest BCUT2D eigenvalue weighted by molar-refractivity contribution is -0.142. The molecule has 1 aromatic heterocycles. The van der Waals surface area contributed by atoms with E-state index in [-0.39, 0.29) is 25.7 Å². The molecule has 1 amide bonds. The summed E-state index contributed by atoms with van der Waals surface area (Å²) in [6.07, 6.45) is 0. The van der Waals surface area contributed by atoms with Gasteiger partial charge in [0.15, 0.2) is 0 Å². The van der Waals surface area contributed by atoms with Gasteiger partial charge in [-0.25, -0.2) is 4.79 Å². The molecule has 128 valence electrons. The fraction of sp³-hybridized carbons (Fsp3) is 0.333. The number of hydrogen-bond donors (Lipinski definition) is 2. The number of nitrogens with one attached hydrogen (secondary N) is 1. The summed E-state index contributed by atoms with van der Waals surface area (Å²) < 4.78 is 6.97. The number of amides is 1. The molecule has 0 saturated heterocycles. The molecule has 0 aliphatic rings. The number of hydrogen-bond acceptors (Lipinski definition) is 3. The Bertz CT molecular complexity index is 749. The summed E-state index contributed by atoms with van der Waals surface area (Å²) in [5, 5.41) is 11.2. The van der Waals surface area contributed by atoms with Crippen molar-refractivity contribution in [3.05, 3.63) is 52.8 Å². The van der Waals surface area contributed by atoms with Gasteiger partial charge >= 0.3 is 5.97 Å². The monoisotopic (exact) mass is 330 g/mol. The molecule has 0 radical (unpaired) electrons. The van der Waals surface area contributed by atoms with Crippen LogP contribution in [0.15, 0.2) is 30.3 Å². The molecule has 24 heavy (non-hydrogen) atoms. The zero-order valence-electron chi connectivity index (χ0n) is 14.1. The minimum Gasteiger partial charge on any atom is -0.480 e. The van der Waals surface area contributed by atoms with E-state index in [4.69, 9.17) is 9.84 Å². The Balaban J connectivity index is 2.10. The number of ether oxygens (including phenoxy) is 1. The van der Waals surface area contributed by atoms with Crippen LogP contribution in [0.5, 0.6) is 0 Å². The maximum atomic E-state index is 12.3. The molecule has 2 N–H and O–H groups in total. The largest absolute Gasteiger partial charge is 0.480 e. The Kier molecular flexibility index (Phi) is 5.76. The van der Waals surface area contributed by atoms with Crippen molar-refractivity contribution < 1.29 is 19.4 Å². The number of rotatable bonds is 7. The molecule has 0 spiro atoms. The van der Waals surface area contributed by atoms with Gasteiger partial charge in [0.2, 0.25) is 0 Å². The van der Waals surface area contributed by atoms with Gasteiger partial charge < -0.3 is 19.7 Å². The molecule has 0 aliphatic heterocycles. The van der Waals surface area contributed by atoms with Crippen LogP contribution < -0.4 is 5.32 Å². The van der Waals surface area contributed by atoms with E-state index in [0.29, 0.717) is 5.56 Å². The highest BCUT2D eigenvalue weighted by Crippen LogP contribution is 2.23. The molecule has 6 heteroatoms. The van der Waals surface area contributed by atoms with Gasteiger partial charge in [-0.05, 0) is 38.5 Å². The summed E-state index contributed by atoms with van der Waals surface area (Å²) in [6, 6.07) is 9.87. The first-order chi connectivity index (χ1) is 11.4. The van der Waals surface area contributed by atoms with Crippen LogP contribution in [0.2, 0.25) is 0 Å². The second-order valence-corrected chi connectivity index (χ2v) is 5.61. The topological polar surface area (TPSA) is 80.6 Å². The molecule has 2 aromatic rings. The second kappa shape index (κ2) is 7.79. The number of carbonyl (C=O) groups is 2. The predicted octanol–water partition coefficient (Wildman–Crippen LogP) is 2.23. The third-order valence-corrected chi connectivity index (χ3v) is 3.79. The maximum absolute atomic E-state index is 12.3. The molecule has 1 aromatic carbocycles. The van der Waals surface area contributed by atoms with Crippen molar-refractivity contribution in [3.8, 4) is 5.69 Å². The first kappa shape index (κ1) is 17.7. The van der Waals surface area contributed by atoms with Crippen molar-refractivity contribution in [1.82, 2.24) is 9.88 Å². The molecule has 0 saturated carbocycles. The van der Waals surface area contributed by atoms with Crippen molar-refractivity contribution in [2.24, 2.45) is 0 Å². The van der Waals surface area contributed by atoms with E-state index in [1.165, 1.54) is 0 Å². The van der Waals surface area contributed by atoms with Gasteiger partial charge in [0, 0.05) is 23.6 Å². The number of carboxylic acid groups (broad SMARTS) is 1. The fourth-order valence-electron chi connectivity index (χ4n) is 2.67. The molecule has 0 bridgehead atoms. The first-order valence-electron chi connectivity index (χ1n) is 7.74. The summed E-state index contributed by atoms with van der Waals surface area (Å²) in [5.41, 5.74) is 4.64. The van der Waals surface area contributed by atoms with E-state index in [1.54, 1.807) is 0 Å². The summed E-state index contributed by atoms with van der Waals surface area (Å²) >= 11 is 0. The lowest BCUT2D eigenvalue weighted by atomic mass is 10.2. The molecule has 2 rings (SSSR count). The van der Waals surface area contributed by atoms with Crippen molar-refractivity contribution in [2.75, 3.05) is 19.8 Å². The highest BCUT2D eigenvalue weighted by Gasteiger charge is 2.17. The summed E-state index contributed by atoms with van der Waals surface area (Å²) in [4.78, 5) is 22.7. The van der Waals surface area contributed by atoms with Gasteiger partial charge in [0.05, 0.1) is 12.2 Å². The Hall–Kier alpha value is -2.60. The second-order valence-electron chi connectivity index (χ2n) is 5.61. The lowest BCUT2D eigenvalue weighted by Crippen LogP contribution is -2.28. The third-order valence-electron chi connectivity index (χ3n) is 3.79. The average Bonchev–Trinajstić information content (AvgIpc) is 2.82. The van der Waals surface area contributed by atoms with Crippen molar-refractivity contribution in [1.29, 1.82) is 0 Å². The number of aryl methyl sites for hydroxylation is 2. The Labute approximate surface area is 141 Å². The molecule has 0 atom stereocenters. The highest BCUT2D eigenvalue weighted by atomic mass is 16.5. The normalized spacial score (nSPS) is 10.6. The number of nitrogens with zero attached hydrogens (tertiary/aromatic N) is 1. The molecule has 1 heterocycles. The standard InChI is InChI=1S/C18H22N2O4/c1-12-6-4-5-7-16(12)20-13(2)10-15(14(20)3)18(23)19-8-9-24-11-17(21)22/h4-7,10H,8-9,11H2,1-3H3,(H,19,23)(H,21,22). The maximum Gasteiger partial charge on any atom is 0.329 e. The van der Waals surface area contributed by atoms with E-state index in [1.807, 2.05) is 51.1 Å². The summed E-state index contributed by atoms with van der Waals surface area (Å²) in [5.74, 6) is -1.22. The predicted molar refractivity (Wildman–Crippen MR) is 90.8 cm³/mol. The molecule has 6 nitrogen and oxygen atoms in total. The fourth-order valence-corrected chi connectivity index (χ4v) is 2.67. The number of carboxylic acids is 1. The number of carbonyl (C=O) groups excluding carboxylic acids is 1. The van der Waals surface area contributed by atoms with E-state index < -0.39 is 5.97 Å². The SMILES string of the molecule is Cc1ccccc1-n1c(C)cc(C(=O)NCCOCC(=O)O)c1C. The van der Waals surface area contributed by atoms with Crippen molar-refractivity contribution >= 4 is 11.9 Å². The van der Waals surface area contributed by atoms with Crippen LogP contribution in [0, 0.1) is 20.8 Å². The molecule has 0 fully saturated rings. The summed E-state index contributed by atoms with van der Waals surface area (Å²) in [6.45, 7) is 5.97. The van der Waals surface area contributed by atoms with Crippen molar-refractivity contribution in [3.63, 3.8) is 0 Å². The zero-order chi connectivity index (χ0) is 17.7. The molecular formula is C18H22N2O4. The van der Waals surface area contributed by atoms with Gasteiger partial charge in [0.25, 0.3) is 5.91 Å². The van der Waals surface area contributed by atoms with Crippen LogP contribution in [0.25, 0.3) is 5.69 Å². The Morgan fingerprint density at radius 2 is 1.92 bits per heavy atom. The Morgan fingerprint density at radius 3 is 2.58 bits per heavy atom. The van der Waals surface area contributed by atoms with E-state index in [9.17, 15) is 9.59 Å². The number of para-hydroxylation sites is 1. The van der Waals surface area contributed by atoms with E-state index >= 15 is 0 Å². The van der Waals surface area contributed by atoms with Crippen LogP contribution in [-0.4, -0.2) is 41.3 Å². The molecular weight excluding hydrogens is 308 g/mol. The zero-order valence-corrected chi connectivity index (χ0v) is 14.1. The van der Waals surface area contributed by atoms with Crippen LogP contribution in [0.3, 0.4) is 0 Å². The third kappa shape index (κ3) is 4.02. The van der Waals surface area contributed by atoms with E-state index in [0.717, 1.165) is 22.6 Å². The van der Waals surface area contributed by atoms with Gasteiger partial charge in [0.1, 0.15) is 6.61 Å². The molecule has 0 aliphatic carbocycles. The number of aliphatic carboxylic acids is 1. The lowest BCUT2D eigenvalue weighted by Gasteiger charge is -2.12. The average molecular weight is 330 g/mol. The Morgan fingerprint density at radius 1 is 1.21 bits per heavy atom. The van der Waals surface area contributed by atoms with Crippen molar-refractivity contribution in [2.45, 2.75) is 20.8 Å². The smallest absolute Gasteiger partial charge is 0.329 e. The van der Waals surface area contributed by atoms with Gasteiger partial charge in [-0.1, -0.05) is 18.2 Å².